The lowest BCUT2D eigenvalue weighted by atomic mass is 10.1. The molecule has 1 saturated heterocycles. The van der Waals surface area contributed by atoms with Crippen molar-refractivity contribution in [2.45, 2.75) is 13.3 Å². The Labute approximate surface area is 107 Å². The van der Waals surface area contributed by atoms with Gasteiger partial charge in [0, 0.05) is 18.7 Å². The third kappa shape index (κ3) is 2.42. The number of carbonyl (C=O) groups excluding carboxylic acids is 1. The number of hydrogen-bond acceptors (Lipinski definition) is 3. The van der Waals surface area contributed by atoms with Gasteiger partial charge in [-0.2, -0.15) is 0 Å². The van der Waals surface area contributed by atoms with E-state index in [1.54, 1.807) is 32.4 Å². The van der Waals surface area contributed by atoms with E-state index in [-0.39, 0.29) is 5.91 Å². The van der Waals surface area contributed by atoms with E-state index in [2.05, 4.69) is 6.92 Å². The van der Waals surface area contributed by atoms with Crippen LogP contribution < -0.4 is 9.47 Å². The molecule has 1 aliphatic heterocycles. The van der Waals surface area contributed by atoms with Crippen LogP contribution in [0.4, 0.5) is 0 Å². The van der Waals surface area contributed by atoms with Gasteiger partial charge in [-0.25, -0.2) is 0 Å². The number of ether oxygens (including phenoxy) is 2. The summed E-state index contributed by atoms with van der Waals surface area (Å²) in [6.07, 6.45) is 1.08. The SMILES string of the molecule is COc1ccc(C(=O)N2CCC(C)C2)cc1OC. The molecule has 1 atom stereocenters. The zero-order valence-corrected chi connectivity index (χ0v) is 11.1. The van der Waals surface area contributed by atoms with E-state index in [1.165, 1.54) is 0 Å². The van der Waals surface area contributed by atoms with E-state index in [1.807, 2.05) is 4.90 Å². The van der Waals surface area contributed by atoms with Crippen LogP contribution >= 0.6 is 0 Å². The lowest BCUT2D eigenvalue weighted by molar-refractivity contribution is 0.0787. The molecule has 2 rings (SSSR count). The van der Waals surface area contributed by atoms with Crippen LogP contribution in [0, 0.1) is 5.92 Å². The normalized spacial score (nSPS) is 18.8. The maximum absolute atomic E-state index is 12.3. The van der Waals surface area contributed by atoms with Gasteiger partial charge in [0.2, 0.25) is 0 Å². The van der Waals surface area contributed by atoms with Gasteiger partial charge in [-0.05, 0) is 30.5 Å². The van der Waals surface area contributed by atoms with Gasteiger partial charge in [-0.15, -0.1) is 0 Å². The summed E-state index contributed by atoms with van der Waals surface area (Å²) < 4.78 is 10.4. The molecular formula is C14H19NO3. The lowest BCUT2D eigenvalue weighted by Crippen LogP contribution is -2.28. The van der Waals surface area contributed by atoms with Crippen LogP contribution in [0.1, 0.15) is 23.7 Å². The summed E-state index contributed by atoms with van der Waals surface area (Å²) in [5.74, 6) is 1.90. The Balaban J connectivity index is 2.20. The number of methoxy groups -OCH3 is 2. The Morgan fingerprint density at radius 2 is 2.00 bits per heavy atom. The van der Waals surface area contributed by atoms with Crippen LogP contribution in [0.5, 0.6) is 11.5 Å². The van der Waals surface area contributed by atoms with Gasteiger partial charge >= 0.3 is 0 Å². The van der Waals surface area contributed by atoms with Crippen molar-refractivity contribution in [3.05, 3.63) is 23.8 Å². The largest absolute Gasteiger partial charge is 0.493 e. The first-order valence-corrected chi connectivity index (χ1v) is 6.17. The minimum Gasteiger partial charge on any atom is -0.493 e. The minimum atomic E-state index is 0.0697. The molecule has 0 bridgehead atoms. The highest BCUT2D eigenvalue weighted by Crippen LogP contribution is 2.28. The predicted molar refractivity (Wildman–Crippen MR) is 69.2 cm³/mol. The lowest BCUT2D eigenvalue weighted by Gasteiger charge is -2.17. The van der Waals surface area contributed by atoms with Crippen molar-refractivity contribution in [3.63, 3.8) is 0 Å². The Hall–Kier alpha value is -1.71. The number of nitrogens with zero attached hydrogens (tertiary/aromatic N) is 1. The first-order valence-electron chi connectivity index (χ1n) is 6.17. The summed E-state index contributed by atoms with van der Waals surface area (Å²) in [6.45, 7) is 3.85. The van der Waals surface area contributed by atoms with E-state index >= 15 is 0 Å². The summed E-state index contributed by atoms with van der Waals surface area (Å²) in [6, 6.07) is 5.29. The predicted octanol–water partition coefficient (Wildman–Crippen LogP) is 2.19. The smallest absolute Gasteiger partial charge is 0.254 e. The van der Waals surface area contributed by atoms with Crippen molar-refractivity contribution in [2.24, 2.45) is 5.92 Å². The van der Waals surface area contributed by atoms with E-state index in [9.17, 15) is 4.79 Å². The van der Waals surface area contributed by atoms with Gasteiger partial charge in [0.1, 0.15) is 0 Å². The first kappa shape index (κ1) is 12.7. The minimum absolute atomic E-state index is 0.0697. The Kier molecular flexibility index (Phi) is 3.75. The van der Waals surface area contributed by atoms with Crippen LogP contribution in [-0.2, 0) is 0 Å². The van der Waals surface area contributed by atoms with Gasteiger partial charge in [-0.3, -0.25) is 4.79 Å². The number of benzene rings is 1. The summed E-state index contributed by atoms with van der Waals surface area (Å²) >= 11 is 0. The topological polar surface area (TPSA) is 38.8 Å². The van der Waals surface area contributed by atoms with Crippen molar-refractivity contribution in [1.29, 1.82) is 0 Å². The molecule has 1 unspecified atom stereocenters. The van der Waals surface area contributed by atoms with E-state index < -0.39 is 0 Å². The molecule has 4 nitrogen and oxygen atoms in total. The van der Waals surface area contributed by atoms with Gasteiger partial charge in [-0.1, -0.05) is 6.92 Å². The molecule has 1 aromatic carbocycles. The number of rotatable bonds is 3. The van der Waals surface area contributed by atoms with Crippen molar-refractivity contribution < 1.29 is 14.3 Å². The molecule has 0 radical (unpaired) electrons. The second kappa shape index (κ2) is 5.29. The maximum Gasteiger partial charge on any atom is 0.254 e. The summed E-state index contributed by atoms with van der Waals surface area (Å²) in [5.41, 5.74) is 0.654. The summed E-state index contributed by atoms with van der Waals surface area (Å²) in [7, 11) is 3.16. The van der Waals surface area contributed by atoms with E-state index in [0.29, 0.717) is 23.0 Å². The average molecular weight is 249 g/mol. The molecular weight excluding hydrogens is 230 g/mol. The summed E-state index contributed by atoms with van der Waals surface area (Å²) in [5, 5.41) is 0. The molecule has 0 spiro atoms. The zero-order chi connectivity index (χ0) is 13.1. The fourth-order valence-corrected chi connectivity index (χ4v) is 2.27. The number of likely N-dealkylation sites (tertiary alicyclic amines) is 1. The van der Waals surface area contributed by atoms with Gasteiger partial charge in [0.25, 0.3) is 5.91 Å². The molecule has 1 fully saturated rings. The van der Waals surface area contributed by atoms with Gasteiger partial charge in [0.05, 0.1) is 14.2 Å². The van der Waals surface area contributed by atoms with Crippen LogP contribution in [0.2, 0.25) is 0 Å². The van der Waals surface area contributed by atoms with Crippen LogP contribution in [0.3, 0.4) is 0 Å². The third-order valence-corrected chi connectivity index (χ3v) is 3.34. The molecule has 1 aromatic rings. The van der Waals surface area contributed by atoms with Crippen LogP contribution in [0.25, 0.3) is 0 Å². The highest BCUT2D eigenvalue weighted by Gasteiger charge is 2.24. The second-order valence-corrected chi connectivity index (χ2v) is 4.71. The second-order valence-electron chi connectivity index (χ2n) is 4.71. The van der Waals surface area contributed by atoms with Crippen LogP contribution in [-0.4, -0.2) is 38.1 Å². The Morgan fingerprint density at radius 1 is 1.28 bits per heavy atom. The van der Waals surface area contributed by atoms with Gasteiger partial charge < -0.3 is 14.4 Å². The van der Waals surface area contributed by atoms with Crippen molar-refractivity contribution in [2.75, 3.05) is 27.3 Å². The van der Waals surface area contributed by atoms with Crippen molar-refractivity contribution >= 4 is 5.91 Å². The highest BCUT2D eigenvalue weighted by atomic mass is 16.5. The fourth-order valence-electron chi connectivity index (χ4n) is 2.27. The molecule has 0 aromatic heterocycles. The Morgan fingerprint density at radius 3 is 2.56 bits per heavy atom. The van der Waals surface area contributed by atoms with E-state index in [4.69, 9.17) is 9.47 Å². The molecule has 0 saturated carbocycles. The van der Waals surface area contributed by atoms with Crippen LogP contribution in [0.15, 0.2) is 18.2 Å². The molecule has 1 aliphatic rings. The van der Waals surface area contributed by atoms with Crippen molar-refractivity contribution in [3.8, 4) is 11.5 Å². The molecule has 98 valence electrons. The zero-order valence-electron chi connectivity index (χ0n) is 11.1. The average Bonchev–Trinajstić information content (AvgIpc) is 2.83. The van der Waals surface area contributed by atoms with Crippen molar-refractivity contribution in [1.82, 2.24) is 4.90 Å². The molecule has 1 amide bonds. The molecule has 18 heavy (non-hydrogen) atoms. The van der Waals surface area contributed by atoms with Gasteiger partial charge in [0.15, 0.2) is 11.5 Å². The standard InChI is InChI=1S/C14H19NO3/c1-10-6-7-15(9-10)14(16)11-4-5-12(17-2)13(8-11)18-3/h4-5,8,10H,6-7,9H2,1-3H3. The number of hydrogen-bond donors (Lipinski definition) is 0. The first-order chi connectivity index (χ1) is 8.65. The fraction of sp³-hybridized carbons (Fsp3) is 0.500. The molecule has 0 N–H and O–H groups in total. The number of amides is 1. The maximum atomic E-state index is 12.3. The number of carbonyl (C=O) groups is 1. The van der Waals surface area contributed by atoms with E-state index in [0.717, 1.165) is 19.5 Å². The quantitative estimate of drug-likeness (QED) is 0.824. The molecule has 1 heterocycles. The highest BCUT2D eigenvalue weighted by molar-refractivity contribution is 5.95. The third-order valence-electron chi connectivity index (χ3n) is 3.34. The summed E-state index contributed by atoms with van der Waals surface area (Å²) in [4.78, 5) is 14.2. The molecule has 0 aliphatic carbocycles. The Bertz CT molecular complexity index is 445. The monoisotopic (exact) mass is 249 g/mol. The molecule has 4 heteroatoms.